The van der Waals surface area contributed by atoms with Crippen LogP contribution in [0.1, 0.15) is 201 Å². The Morgan fingerprint density at radius 3 is 1.23 bits per heavy atom. The third kappa shape index (κ3) is 43.6. The lowest BCUT2D eigenvalue weighted by atomic mass is 10.1. The second-order valence-electron chi connectivity index (χ2n) is 14.9. The van der Waals surface area contributed by atoms with Gasteiger partial charge in [0.15, 0.2) is 6.10 Å². The molecule has 57 heavy (non-hydrogen) atoms. The maximum Gasteiger partial charge on any atom is 0.306 e. The van der Waals surface area contributed by atoms with E-state index in [4.69, 9.17) is 14.2 Å². The fourth-order valence-corrected chi connectivity index (χ4v) is 5.92. The zero-order chi connectivity index (χ0) is 41.5. The van der Waals surface area contributed by atoms with Crippen molar-refractivity contribution in [3.05, 3.63) is 85.1 Å². The number of unbranched alkanes of at least 4 members (excludes halogenated alkanes) is 15. The third-order valence-electron chi connectivity index (χ3n) is 9.40. The van der Waals surface area contributed by atoms with E-state index in [2.05, 4.69) is 93.7 Å². The summed E-state index contributed by atoms with van der Waals surface area (Å²) in [6.07, 6.45) is 57.2. The van der Waals surface area contributed by atoms with Crippen LogP contribution in [0.2, 0.25) is 0 Å². The number of ether oxygens (including phenoxy) is 3. The van der Waals surface area contributed by atoms with Crippen molar-refractivity contribution < 1.29 is 28.6 Å². The van der Waals surface area contributed by atoms with Gasteiger partial charge >= 0.3 is 17.9 Å². The highest BCUT2D eigenvalue weighted by molar-refractivity contribution is 5.71. The number of allylic oxidation sites excluding steroid dienone is 14. The van der Waals surface area contributed by atoms with Crippen LogP contribution in [0.25, 0.3) is 0 Å². The van der Waals surface area contributed by atoms with E-state index in [1.165, 1.54) is 64.2 Å². The number of hydrogen-bond acceptors (Lipinski definition) is 6. The normalized spacial score (nSPS) is 12.8. The van der Waals surface area contributed by atoms with E-state index < -0.39 is 6.10 Å². The highest BCUT2D eigenvalue weighted by Gasteiger charge is 2.19. The number of carbonyl (C=O) groups is 3. The summed E-state index contributed by atoms with van der Waals surface area (Å²) in [6.45, 7) is 6.37. The molecule has 0 heterocycles. The van der Waals surface area contributed by atoms with Gasteiger partial charge < -0.3 is 14.2 Å². The summed E-state index contributed by atoms with van der Waals surface area (Å²) < 4.78 is 16.6. The summed E-state index contributed by atoms with van der Waals surface area (Å²) in [5, 5.41) is 0. The molecule has 1 unspecified atom stereocenters. The molecule has 0 amide bonds. The number of hydrogen-bond donors (Lipinski definition) is 0. The molecule has 0 radical (unpaired) electrons. The molecule has 0 bridgehead atoms. The Kier molecular flexibility index (Phi) is 42.6. The van der Waals surface area contributed by atoms with Gasteiger partial charge in [-0.1, -0.05) is 189 Å². The molecule has 324 valence electrons. The lowest BCUT2D eigenvalue weighted by Gasteiger charge is -2.18. The van der Waals surface area contributed by atoms with Crippen LogP contribution in [0, 0.1) is 0 Å². The molecule has 0 aliphatic carbocycles. The molecule has 0 saturated carbocycles. The Morgan fingerprint density at radius 2 is 0.737 bits per heavy atom. The Labute approximate surface area is 350 Å². The standard InChI is InChI=1S/C51H84O6/c1-4-7-10-13-16-19-21-22-23-24-25-26-27-28-30-32-35-38-41-44-50(53)56-47-48(46-55-49(52)43-40-37-34-31-18-15-12-9-6-3)57-51(54)45-42-39-36-33-29-20-17-14-11-8-5-2/h7,10,14,16-17,19,22-23,25-26,28,30,35,38,48H,4-6,8-9,11-13,15,18,20-21,24,27,29,31-34,36-37,39-47H2,1-3H3/b10-7-,17-14-,19-16-,23-22-,26-25-,30-28-,38-35-. The molecule has 0 fully saturated rings. The molecule has 1 atom stereocenters. The Morgan fingerprint density at radius 1 is 0.368 bits per heavy atom. The van der Waals surface area contributed by atoms with E-state index in [1.807, 2.05) is 12.2 Å². The topological polar surface area (TPSA) is 78.9 Å². The summed E-state index contributed by atoms with van der Waals surface area (Å²) in [5.41, 5.74) is 0. The predicted molar refractivity (Wildman–Crippen MR) is 242 cm³/mol. The zero-order valence-electron chi connectivity index (χ0n) is 36.8. The van der Waals surface area contributed by atoms with Crippen molar-refractivity contribution in [2.24, 2.45) is 0 Å². The molecule has 0 aromatic carbocycles. The summed E-state index contributed by atoms with van der Waals surface area (Å²) in [4.78, 5) is 37.6. The summed E-state index contributed by atoms with van der Waals surface area (Å²) >= 11 is 0. The molecule has 0 spiro atoms. The van der Waals surface area contributed by atoms with Crippen molar-refractivity contribution in [1.29, 1.82) is 0 Å². The van der Waals surface area contributed by atoms with E-state index in [0.29, 0.717) is 19.3 Å². The van der Waals surface area contributed by atoms with Gasteiger partial charge in [-0.15, -0.1) is 0 Å². The maximum absolute atomic E-state index is 12.7. The molecule has 0 aliphatic heterocycles. The first-order valence-electron chi connectivity index (χ1n) is 23.1. The second kappa shape index (κ2) is 45.3. The molecular weight excluding hydrogens is 709 g/mol. The van der Waals surface area contributed by atoms with Gasteiger partial charge in [0.2, 0.25) is 0 Å². The fraction of sp³-hybridized carbons (Fsp3) is 0.667. The summed E-state index contributed by atoms with van der Waals surface area (Å²) in [7, 11) is 0. The lowest BCUT2D eigenvalue weighted by Crippen LogP contribution is -2.30. The maximum atomic E-state index is 12.7. The van der Waals surface area contributed by atoms with Crippen LogP contribution in [0.3, 0.4) is 0 Å². The largest absolute Gasteiger partial charge is 0.462 e. The molecule has 6 nitrogen and oxygen atoms in total. The van der Waals surface area contributed by atoms with E-state index in [0.717, 1.165) is 89.9 Å². The highest BCUT2D eigenvalue weighted by Crippen LogP contribution is 2.13. The van der Waals surface area contributed by atoms with Crippen molar-refractivity contribution in [3.63, 3.8) is 0 Å². The predicted octanol–water partition coefficient (Wildman–Crippen LogP) is 14.9. The number of rotatable bonds is 40. The van der Waals surface area contributed by atoms with E-state index in [1.54, 1.807) is 0 Å². The van der Waals surface area contributed by atoms with Crippen LogP contribution >= 0.6 is 0 Å². The van der Waals surface area contributed by atoms with Crippen molar-refractivity contribution in [3.8, 4) is 0 Å². The Bertz CT molecular complexity index is 1140. The molecule has 0 aliphatic rings. The van der Waals surface area contributed by atoms with Crippen LogP contribution < -0.4 is 0 Å². The van der Waals surface area contributed by atoms with Gasteiger partial charge in [-0.2, -0.15) is 0 Å². The quantitative estimate of drug-likeness (QED) is 0.0266. The van der Waals surface area contributed by atoms with Gasteiger partial charge in [0.05, 0.1) is 0 Å². The Hall–Kier alpha value is -3.41. The number of esters is 3. The number of carbonyl (C=O) groups excluding carboxylic acids is 3. The molecule has 0 aromatic heterocycles. The van der Waals surface area contributed by atoms with E-state index in [9.17, 15) is 14.4 Å². The molecule has 0 N–H and O–H groups in total. The van der Waals surface area contributed by atoms with Crippen LogP contribution in [0.15, 0.2) is 85.1 Å². The van der Waals surface area contributed by atoms with Gasteiger partial charge in [0, 0.05) is 19.3 Å². The monoisotopic (exact) mass is 793 g/mol. The minimum absolute atomic E-state index is 0.103. The van der Waals surface area contributed by atoms with E-state index in [-0.39, 0.29) is 37.5 Å². The first-order chi connectivity index (χ1) is 28.0. The van der Waals surface area contributed by atoms with Gasteiger partial charge in [0.25, 0.3) is 0 Å². The lowest BCUT2D eigenvalue weighted by molar-refractivity contribution is -0.166. The van der Waals surface area contributed by atoms with Crippen molar-refractivity contribution >= 4 is 17.9 Å². The summed E-state index contributed by atoms with van der Waals surface area (Å²) in [5.74, 6) is -1.01. The third-order valence-corrected chi connectivity index (χ3v) is 9.40. The minimum Gasteiger partial charge on any atom is -0.462 e. The van der Waals surface area contributed by atoms with Crippen LogP contribution in [0.4, 0.5) is 0 Å². The first kappa shape index (κ1) is 53.6. The molecule has 6 heteroatoms. The second-order valence-corrected chi connectivity index (χ2v) is 14.9. The molecule has 0 rings (SSSR count). The SMILES string of the molecule is CC/C=C\C/C=C\C/C=C\C/C=C\C/C=C\C/C=C\CCC(=O)OCC(COC(=O)CCCCCCCCCCC)OC(=O)CCCCCCC/C=C\CCCC. The van der Waals surface area contributed by atoms with Crippen molar-refractivity contribution in [1.82, 2.24) is 0 Å². The first-order valence-corrected chi connectivity index (χ1v) is 23.1. The highest BCUT2D eigenvalue weighted by atomic mass is 16.6. The van der Waals surface area contributed by atoms with Crippen LogP contribution in [0.5, 0.6) is 0 Å². The van der Waals surface area contributed by atoms with Gasteiger partial charge in [-0.25, -0.2) is 0 Å². The summed E-state index contributed by atoms with van der Waals surface area (Å²) in [6, 6.07) is 0. The smallest absolute Gasteiger partial charge is 0.306 e. The average molecular weight is 793 g/mol. The van der Waals surface area contributed by atoms with E-state index >= 15 is 0 Å². The average Bonchev–Trinajstić information content (AvgIpc) is 3.21. The molecule has 0 saturated heterocycles. The fourth-order valence-electron chi connectivity index (χ4n) is 5.92. The zero-order valence-corrected chi connectivity index (χ0v) is 36.8. The Balaban J connectivity index is 4.47. The van der Waals surface area contributed by atoms with Gasteiger partial charge in [-0.05, 0) is 77.0 Å². The van der Waals surface area contributed by atoms with Crippen molar-refractivity contribution in [2.75, 3.05) is 13.2 Å². The molecular formula is C51H84O6. The minimum atomic E-state index is -0.807. The van der Waals surface area contributed by atoms with Crippen molar-refractivity contribution in [2.45, 2.75) is 207 Å². The van der Waals surface area contributed by atoms with Crippen LogP contribution in [-0.4, -0.2) is 37.2 Å². The van der Waals surface area contributed by atoms with Gasteiger partial charge in [-0.3, -0.25) is 14.4 Å². The van der Waals surface area contributed by atoms with Gasteiger partial charge in [0.1, 0.15) is 13.2 Å². The van der Waals surface area contributed by atoms with Crippen LogP contribution in [-0.2, 0) is 28.6 Å². The molecule has 0 aromatic rings.